The molecule has 3 aromatic rings. The molecule has 0 aliphatic carbocycles. The zero-order chi connectivity index (χ0) is 20.6. The Labute approximate surface area is 169 Å². The Kier molecular flexibility index (Phi) is 6.75. The fraction of sp³-hybridized carbons (Fsp3) is 0.304. The summed E-state index contributed by atoms with van der Waals surface area (Å²) in [5.74, 6) is -0.615. The van der Waals surface area contributed by atoms with Crippen molar-refractivity contribution in [2.75, 3.05) is 0 Å². The van der Waals surface area contributed by atoms with Crippen molar-refractivity contribution in [1.29, 1.82) is 5.26 Å². The normalized spacial score (nSPS) is 10.6. The quantitative estimate of drug-likeness (QED) is 0.426. The van der Waals surface area contributed by atoms with Gasteiger partial charge in [-0.2, -0.15) is 10.4 Å². The van der Waals surface area contributed by atoms with E-state index in [-0.39, 0.29) is 17.9 Å². The maximum Gasteiger partial charge on any atom is 0.359 e. The van der Waals surface area contributed by atoms with Crippen molar-refractivity contribution in [1.82, 2.24) is 9.78 Å². The minimum atomic E-state index is -0.615. The second-order valence-electron chi connectivity index (χ2n) is 6.83. The second kappa shape index (κ2) is 9.65. The highest BCUT2D eigenvalue weighted by atomic mass is 16.5. The first-order valence-corrected chi connectivity index (χ1v) is 9.80. The maximum atomic E-state index is 12.8. The van der Waals surface area contributed by atoms with Crippen molar-refractivity contribution in [3.05, 3.63) is 75.7 Å². The molecule has 0 unspecified atom stereocenters. The molecule has 29 heavy (non-hydrogen) atoms. The molecular weight excluding hydrogens is 366 g/mol. The maximum absolute atomic E-state index is 12.8. The van der Waals surface area contributed by atoms with Crippen LogP contribution in [0.5, 0.6) is 0 Å². The smallest absolute Gasteiger partial charge is 0.359 e. The van der Waals surface area contributed by atoms with E-state index in [1.807, 2.05) is 0 Å². The summed E-state index contributed by atoms with van der Waals surface area (Å²) in [6.45, 7) is 2.55. The molecule has 1 heterocycles. The van der Waals surface area contributed by atoms with Crippen LogP contribution < -0.4 is 5.56 Å². The van der Waals surface area contributed by atoms with Gasteiger partial charge >= 0.3 is 5.97 Å². The van der Waals surface area contributed by atoms with Crippen molar-refractivity contribution in [3.8, 4) is 6.07 Å². The lowest BCUT2D eigenvalue weighted by atomic mass is 10.1. The molecule has 0 atom stereocenters. The van der Waals surface area contributed by atoms with E-state index in [1.165, 1.54) is 4.68 Å². The van der Waals surface area contributed by atoms with Crippen LogP contribution in [-0.4, -0.2) is 15.7 Å². The molecule has 0 saturated carbocycles. The Bertz CT molecular complexity index is 1110. The van der Waals surface area contributed by atoms with Crippen LogP contribution in [0, 0.1) is 11.3 Å². The van der Waals surface area contributed by atoms with Crippen LogP contribution >= 0.6 is 0 Å². The van der Waals surface area contributed by atoms with Gasteiger partial charge in [-0.15, -0.1) is 0 Å². The lowest BCUT2D eigenvalue weighted by Crippen LogP contribution is -2.26. The first-order valence-electron chi connectivity index (χ1n) is 9.80. The van der Waals surface area contributed by atoms with Crippen LogP contribution in [0.15, 0.2) is 53.3 Å². The van der Waals surface area contributed by atoms with E-state index in [1.54, 1.807) is 48.5 Å². The van der Waals surface area contributed by atoms with Crippen LogP contribution in [0.2, 0.25) is 0 Å². The number of unbranched alkanes of at least 4 members (excludes halogenated alkanes) is 3. The van der Waals surface area contributed by atoms with E-state index in [9.17, 15) is 14.9 Å². The van der Waals surface area contributed by atoms with Gasteiger partial charge in [0, 0.05) is 17.5 Å². The third-order valence-electron chi connectivity index (χ3n) is 4.78. The molecule has 3 rings (SSSR count). The van der Waals surface area contributed by atoms with Crippen LogP contribution in [0.25, 0.3) is 10.8 Å². The number of carbonyl (C=O) groups is 1. The summed E-state index contributed by atoms with van der Waals surface area (Å²) < 4.78 is 6.79. The Morgan fingerprint density at radius 3 is 2.55 bits per heavy atom. The molecule has 0 aliphatic heterocycles. The van der Waals surface area contributed by atoms with E-state index < -0.39 is 5.97 Å². The Morgan fingerprint density at radius 1 is 1.07 bits per heavy atom. The molecule has 6 heteroatoms. The SMILES string of the molecule is CCCCCCn1nc(C(=O)OCc2ccccc2C#N)c2ccccc2c1=O. The van der Waals surface area contributed by atoms with Crippen LogP contribution in [0.3, 0.4) is 0 Å². The highest BCUT2D eigenvalue weighted by Gasteiger charge is 2.18. The third kappa shape index (κ3) is 4.69. The van der Waals surface area contributed by atoms with Gasteiger partial charge in [0.15, 0.2) is 5.69 Å². The predicted octanol–water partition coefficient (Wildman–Crippen LogP) is 4.21. The number of fused-ring (bicyclic) bond motifs is 1. The topological polar surface area (TPSA) is 85.0 Å². The lowest BCUT2D eigenvalue weighted by molar-refractivity contribution is 0.0465. The molecule has 2 aromatic carbocycles. The number of ether oxygens (including phenoxy) is 1. The van der Waals surface area contributed by atoms with E-state index in [4.69, 9.17) is 4.74 Å². The van der Waals surface area contributed by atoms with Gasteiger partial charge in [-0.1, -0.05) is 62.6 Å². The zero-order valence-electron chi connectivity index (χ0n) is 16.4. The van der Waals surface area contributed by atoms with Crippen molar-refractivity contribution in [2.24, 2.45) is 0 Å². The summed E-state index contributed by atoms with van der Waals surface area (Å²) in [6.07, 6.45) is 4.02. The van der Waals surface area contributed by atoms with Crippen molar-refractivity contribution >= 4 is 16.7 Å². The van der Waals surface area contributed by atoms with Gasteiger partial charge in [0.05, 0.1) is 17.0 Å². The summed E-state index contributed by atoms with van der Waals surface area (Å²) in [5.41, 5.74) is 0.994. The van der Waals surface area contributed by atoms with Gasteiger partial charge in [0.1, 0.15) is 6.61 Å². The van der Waals surface area contributed by atoms with E-state index >= 15 is 0 Å². The average molecular weight is 389 g/mol. The highest BCUT2D eigenvalue weighted by molar-refractivity contribution is 6.02. The van der Waals surface area contributed by atoms with Crippen molar-refractivity contribution < 1.29 is 9.53 Å². The summed E-state index contributed by atoms with van der Waals surface area (Å²) in [5, 5.41) is 14.4. The molecule has 0 radical (unpaired) electrons. The first kappa shape index (κ1) is 20.3. The fourth-order valence-electron chi connectivity index (χ4n) is 3.19. The third-order valence-corrected chi connectivity index (χ3v) is 4.78. The molecule has 148 valence electrons. The molecule has 0 amide bonds. The number of nitriles is 1. The number of carbonyl (C=O) groups excluding carboxylic acids is 1. The van der Waals surface area contributed by atoms with E-state index in [0.717, 1.165) is 25.7 Å². The molecular formula is C23H23N3O3. The standard InChI is InChI=1S/C23H23N3O3/c1-2-3-4-9-14-26-22(27)20-13-8-7-12-19(20)21(25-26)23(28)29-16-18-11-6-5-10-17(18)15-24/h5-8,10-13H,2-4,9,14,16H2,1H3. The minimum absolute atomic E-state index is 0.0335. The van der Waals surface area contributed by atoms with Gasteiger partial charge < -0.3 is 4.74 Å². The number of hydrogen-bond donors (Lipinski definition) is 0. The molecule has 0 N–H and O–H groups in total. The molecule has 0 bridgehead atoms. The molecule has 6 nitrogen and oxygen atoms in total. The lowest BCUT2D eigenvalue weighted by Gasteiger charge is -2.11. The minimum Gasteiger partial charge on any atom is -0.456 e. The Hall–Kier alpha value is -3.46. The van der Waals surface area contributed by atoms with Gasteiger partial charge in [0.2, 0.25) is 0 Å². The summed E-state index contributed by atoms with van der Waals surface area (Å²) in [7, 11) is 0. The second-order valence-corrected chi connectivity index (χ2v) is 6.83. The molecule has 0 saturated heterocycles. The monoisotopic (exact) mass is 389 g/mol. The Balaban J connectivity index is 1.88. The first-order chi connectivity index (χ1) is 14.2. The zero-order valence-corrected chi connectivity index (χ0v) is 16.4. The van der Waals surface area contributed by atoms with Crippen molar-refractivity contribution in [2.45, 2.75) is 45.8 Å². The number of nitrogens with zero attached hydrogens (tertiary/aromatic N) is 3. The average Bonchev–Trinajstić information content (AvgIpc) is 2.76. The van der Waals surface area contributed by atoms with Crippen LogP contribution in [0.4, 0.5) is 0 Å². The van der Waals surface area contributed by atoms with Gasteiger partial charge in [-0.25, -0.2) is 9.48 Å². The molecule has 1 aromatic heterocycles. The number of rotatable bonds is 8. The number of aryl methyl sites for hydroxylation is 1. The predicted molar refractivity (Wildman–Crippen MR) is 110 cm³/mol. The molecule has 0 aliphatic rings. The number of benzene rings is 2. The van der Waals surface area contributed by atoms with Gasteiger partial charge in [0.25, 0.3) is 5.56 Å². The fourth-order valence-corrected chi connectivity index (χ4v) is 3.19. The van der Waals surface area contributed by atoms with Gasteiger partial charge in [-0.3, -0.25) is 4.79 Å². The summed E-state index contributed by atoms with van der Waals surface area (Å²) >= 11 is 0. The van der Waals surface area contributed by atoms with Crippen LogP contribution in [-0.2, 0) is 17.9 Å². The number of esters is 1. The summed E-state index contributed by atoms with van der Waals surface area (Å²) in [6, 6.07) is 16.0. The molecule has 0 spiro atoms. The van der Waals surface area contributed by atoms with E-state index in [2.05, 4.69) is 18.1 Å². The van der Waals surface area contributed by atoms with Crippen LogP contribution in [0.1, 0.15) is 54.2 Å². The number of aromatic nitrogens is 2. The summed E-state index contributed by atoms with van der Waals surface area (Å²) in [4.78, 5) is 25.5. The largest absolute Gasteiger partial charge is 0.456 e. The van der Waals surface area contributed by atoms with Gasteiger partial charge in [-0.05, 0) is 18.6 Å². The molecule has 0 fully saturated rings. The van der Waals surface area contributed by atoms with Crippen molar-refractivity contribution in [3.63, 3.8) is 0 Å². The highest BCUT2D eigenvalue weighted by Crippen LogP contribution is 2.16. The number of hydrogen-bond acceptors (Lipinski definition) is 5. The Morgan fingerprint density at radius 2 is 1.79 bits per heavy atom. The van der Waals surface area contributed by atoms with E-state index in [0.29, 0.717) is 28.4 Å².